The van der Waals surface area contributed by atoms with Gasteiger partial charge in [0.1, 0.15) is 15.8 Å². The summed E-state index contributed by atoms with van der Waals surface area (Å²) < 4.78 is 48.0. The highest BCUT2D eigenvalue weighted by atomic mass is 35.5. The molecule has 37 heavy (non-hydrogen) atoms. The third kappa shape index (κ3) is 4.86. The molecule has 0 radical (unpaired) electrons. The van der Waals surface area contributed by atoms with Gasteiger partial charge in [0.25, 0.3) is 5.91 Å². The van der Waals surface area contributed by atoms with Crippen molar-refractivity contribution >= 4 is 57.0 Å². The van der Waals surface area contributed by atoms with E-state index >= 15 is 0 Å². The van der Waals surface area contributed by atoms with Crippen LogP contribution in [-0.2, 0) is 17.6 Å². The van der Waals surface area contributed by atoms with Gasteiger partial charge in [-0.1, -0.05) is 24.6 Å². The van der Waals surface area contributed by atoms with Gasteiger partial charge in [-0.15, -0.1) is 22.7 Å². The summed E-state index contributed by atoms with van der Waals surface area (Å²) in [5, 5.41) is 11.6. The summed E-state index contributed by atoms with van der Waals surface area (Å²) in [4.78, 5) is 27.8. The van der Waals surface area contributed by atoms with Crippen molar-refractivity contribution < 1.29 is 27.5 Å². The topological polar surface area (TPSA) is 85.2 Å². The number of halogens is 4. The fourth-order valence-corrected chi connectivity index (χ4v) is 7.28. The van der Waals surface area contributed by atoms with Crippen LogP contribution < -0.4 is 10.6 Å². The van der Waals surface area contributed by atoms with Crippen LogP contribution in [0.1, 0.15) is 74.9 Å². The van der Waals surface area contributed by atoms with Crippen LogP contribution in [0.5, 0.6) is 0 Å². The maximum atomic E-state index is 14.0. The summed E-state index contributed by atoms with van der Waals surface area (Å²) >= 11 is 9.08. The van der Waals surface area contributed by atoms with E-state index in [2.05, 4.69) is 22.7 Å². The highest BCUT2D eigenvalue weighted by Crippen LogP contribution is 2.47. The largest absolute Gasteiger partial charge is 0.462 e. The lowest BCUT2D eigenvalue weighted by Crippen LogP contribution is -2.35. The van der Waals surface area contributed by atoms with Gasteiger partial charge in [-0.25, -0.2) is 9.48 Å². The number of carbonyl (C=O) groups is 2. The molecule has 3 aromatic heterocycles. The Bertz CT molecular complexity index is 1340. The number of rotatable bonds is 5. The summed E-state index contributed by atoms with van der Waals surface area (Å²) in [5.41, 5.74) is 0.802. The first-order valence-electron chi connectivity index (χ1n) is 11.9. The smallest absolute Gasteiger partial charge is 0.410 e. The molecule has 1 aliphatic carbocycles. The first-order chi connectivity index (χ1) is 17.6. The number of anilines is 2. The van der Waals surface area contributed by atoms with Crippen LogP contribution in [0, 0.1) is 5.92 Å². The van der Waals surface area contributed by atoms with Gasteiger partial charge in [-0.05, 0) is 49.1 Å². The number of nitrogens with zero attached hydrogens (tertiary/aromatic N) is 2. The second kappa shape index (κ2) is 9.95. The molecule has 3 atom stereocenters. The van der Waals surface area contributed by atoms with Crippen molar-refractivity contribution in [1.82, 2.24) is 9.78 Å². The van der Waals surface area contributed by atoms with E-state index in [0.717, 1.165) is 32.8 Å². The minimum Gasteiger partial charge on any atom is -0.462 e. The molecule has 0 saturated heterocycles. The van der Waals surface area contributed by atoms with E-state index in [4.69, 9.17) is 16.3 Å². The number of fused-ring (bicyclic) bond motifs is 2. The average molecular weight is 573 g/mol. The second-order valence-electron chi connectivity index (χ2n) is 9.19. The zero-order valence-electron chi connectivity index (χ0n) is 19.9. The Kier molecular flexibility index (Phi) is 7.01. The van der Waals surface area contributed by atoms with Gasteiger partial charge in [-0.3, -0.25) is 4.79 Å². The van der Waals surface area contributed by atoms with Crippen molar-refractivity contribution in [2.45, 2.75) is 57.8 Å². The minimum atomic E-state index is -4.60. The average Bonchev–Trinajstić information content (AvgIpc) is 3.55. The summed E-state index contributed by atoms with van der Waals surface area (Å²) in [7, 11) is 0. The third-order valence-electron chi connectivity index (χ3n) is 6.62. The number of hydrogen-bond donors (Lipinski definition) is 2. The number of esters is 1. The van der Waals surface area contributed by atoms with Crippen molar-refractivity contribution in [1.29, 1.82) is 0 Å². The lowest BCUT2D eigenvalue weighted by Gasteiger charge is -2.32. The normalized spacial score (nSPS) is 21.1. The van der Waals surface area contributed by atoms with Crippen LogP contribution in [0.3, 0.4) is 0 Å². The van der Waals surface area contributed by atoms with E-state index in [9.17, 15) is 22.8 Å². The second-order valence-corrected chi connectivity index (χ2v) is 11.7. The maximum Gasteiger partial charge on any atom is 0.410 e. The minimum absolute atomic E-state index is 0.0660. The summed E-state index contributed by atoms with van der Waals surface area (Å²) in [6.45, 7) is 3.98. The number of hydrogen-bond acceptors (Lipinski definition) is 7. The summed E-state index contributed by atoms with van der Waals surface area (Å²) in [6, 6.07) is 0.921. The SMILES string of the molecule is CCOC(=O)c1c(NC(=O)c2nn3c(c2Cl)NC(c2cccs2)CC3C(F)(F)F)sc2c1CCC(C)C2. The number of thiophene rings is 2. The highest BCUT2D eigenvalue weighted by molar-refractivity contribution is 7.17. The maximum absolute atomic E-state index is 14.0. The van der Waals surface area contributed by atoms with E-state index in [1.54, 1.807) is 24.4 Å². The molecule has 13 heteroatoms. The first-order valence-corrected chi connectivity index (χ1v) is 13.9. The summed E-state index contributed by atoms with van der Waals surface area (Å²) in [6.07, 6.45) is -2.55. The Balaban J connectivity index is 1.50. The Morgan fingerprint density at radius 2 is 2.16 bits per heavy atom. The molecular weight excluding hydrogens is 549 g/mol. The molecule has 198 valence electrons. The van der Waals surface area contributed by atoms with Crippen molar-refractivity contribution in [3.05, 3.63) is 49.1 Å². The molecule has 0 bridgehead atoms. The van der Waals surface area contributed by atoms with Gasteiger partial charge in [0.15, 0.2) is 11.7 Å². The predicted molar refractivity (Wildman–Crippen MR) is 137 cm³/mol. The molecular formula is C24H24ClF3N4O3S2. The zero-order valence-corrected chi connectivity index (χ0v) is 22.3. The lowest BCUT2D eigenvalue weighted by molar-refractivity contribution is -0.173. The van der Waals surface area contributed by atoms with Crippen molar-refractivity contribution in [3.8, 4) is 0 Å². The molecule has 1 aliphatic heterocycles. The highest BCUT2D eigenvalue weighted by Gasteiger charge is 2.48. The Morgan fingerprint density at radius 1 is 1.38 bits per heavy atom. The molecule has 1 amide bonds. The van der Waals surface area contributed by atoms with Gasteiger partial charge in [0, 0.05) is 16.2 Å². The van der Waals surface area contributed by atoms with Gasteiger partial charge < -0.3 is 15.4 Å². The molecule has 2 N–H and O–H groups in total. The Morgan fingerprint density at radius 3 is 2.84 bits per heavy atom. The number of ether oxygens (including phenoxy) is 1. The predicted octanol–water partition coefficient (Wildman–Crippen LogP) is 6.87. The number of alkyl halides is 3. The fourth-order valence-electron chi connectivity index (χ4n) is 4.83. The lowest BCUT2D eigenvalue weighted by atomic mass is 9.88. The van der Waals surface area contributed by atoms with E-state index in [-0.39, 0.29) is 29.6 Å². The van der Waals surface area contributed by atoms with Crippen molar-refractivity contribution in [2.75, 3.05) is 17.2 Å². The monoisotopic (exact) mass is 572 g/mol. The van der Waals surface area contributed by atoms with E-state index < -0.39 is 30.1 Å². The number of amides is 1. The Labute approximate surface area is 224 Å². The van der Waals surface area contributed by atoms with Crippen molar-refractivity contribution in [3.63, 3.8) is 0 Å². The number of aromatic nitrogens is 2. The number of carbonyl (C=O) groups excluding carboxylic acids is 2. The van der Waals surface area contributed by atoms with Crippen LogP contribution in [0.2, 0.25) is 5.02 Å². The number of nitrogens with one attached hydrogen (secondary N) is 2. The van der Waals surface area contributed by atoms with Gasteiger partial charge in [0.2, 0.25) is 0 Å². The van der Waals surface area contributed by atoms with E-state index in [0.29, 0.717) is 22.9 Å². The molecule has 0 spiro atoms. The molecule has 0 saturated carbocycles. The zero-order chi connectivity index (χ0) is 26.5. The van der Waals surface area contributed by atoms with Crippen LogP contribution >= 0.6 is 34.3 Å². The summed E-state index contributed by atoms with van der Waals surface area (Å²) in [5.74, 6) is -0.971. The molecule has 5 rings (SSSR count). The molecule has 0 fully saturated rings. The van der Waals surface area contributed by atoms with Gasteiger partial charge in [-0.2, -0.15) is 18.3 Å². The quantitative estimate of drug-likeness (QED) is 0.326. The molecule has 4 heterocycles. The van der Waals surface area contributed by atoms with E-state index in [1.165, 1.54) is 22.7 Å². The molecule has 3 aromatic rings. The fraction of sp³-hybridized carbons (Fsp3) is 0.458. The third-order valence-corrected chi connectivity index (χ3v) is 9.13. The molecule has 3 unspecified atom stereocenters. The standard InChI is InChI=1S/C24H24ClF3N4O3S2/c1-3-35-23(34)17-12-7-6-11(2)9-15(12)37-22(17)30-21(33)19-18(25)20-29-13(14-5-4-8-36-14)10-16(24(26,27)28)32(20)31-19/h4-5,8,11,13,16,29H,3,6-7,9-10H2,1-2H3,(H,30,33). The first kappa shape index (κ1) is 26.1. The van der Waals surface area contributed by atoms with Gasteiger partial charge >= 0.3 is 12.1 Å². The Hall–Kier alpha value is -2.57. The van der Waals surface area contributed by atoms with Crippen LogP contribution in [0.15, 0.2) is 17.5 Å². The van der Waals surface area contributed by atoms with E-state index in [1.807, 2.05) is 0 Å². The van der Waals surface area contributed by atoms with Crippen LogP contribution in [-0.4, -0.2) is 34.4 Å². The molecule has 7 nitrogen and oxygen atoms in total. The van der Waals surface area contributed by atoms with Crippen molar-refractivity contribution in [2.24, 2.45) is 5.92 Å². The van der Waals surface area contributed by atoms with Crippen LogP contribution in [0.4, 0.5) is 24.0 Å². The van der Waals surface area contributed by atoms with Gasteiger partial charge in [0.05, 0.1) is 18.2 Å². The van der Waals surface area contributed by atoms with Crippen LogP contribution in [0.25, 0.3) is 0 Å². The molecule has 0 aromatic carbocycles. The molecule has 2 aliphatic rings.